The second-order valence-electron chi connectivity index (χ2n) is 6.02. The molecule has 0 spiro atoms. The van der Waals surface area contributed by atoms with Crippen molar-refractivity contribution in [2.75, 3.05) is 20.6 Å². The van der Waals surface area contributed by atoms with Crippen LogP contribution in [0.1, 0.15) is 37.7 Å². The highest BCUT2D eigenvalue weighted by Crippen LogP contribution is 2.31. The number of halogens is 2. The van der Waals surface area contributed by atoms with Crippen molar-refractivity contribution >= 4 is 11.6 Å². The molecule has 0 radical (unpaired) electrons. The number of nitrogens with one attached hydrogen (secondary N) is 1. The molecule has 0 saturated heterocycles. The average molecular weight is 299 g/mol. The summed E-state index contributed by atoms with van der Waals surface area (Å²) in [5.41, 5.74) is 0.857. The molecular weight excluding hydrogens is 275 g/mol. The third-order valence-electron chi connectivity index (χ3n) is 4.51. The number of hydrogen-bond acceptors (Lipinski definition) is 2. The summed E-state index contributed by atoms with van der Waals surface area (Å²) in [5, 5.41) is 4.01. The van der Waals surface area contributed by atoms with Crippen LogP contribution in [-0.2, 0) is 6.54 Å². The Balaban J connectivity index is 1.95. The van der Waals surface area contributed by atoms with Gasteiger partial charge in [-0.1, -0.05) is 30.9 Å². The molecule has 1 N–H and O–H groups in total. The zero-order valence-electron chi connectivity index (χ0n) is 12.4. The molecule has 0 unspecified atom stereocenters. The molecule has 1 saturated carbocycles. The van der Waals surface area contributed by atoms with Gasteiger partial charge in [-0.15, -0.1) is 0 Å². The first-order valence-corrected chi connectivity index (χ1v) is 7.73. The fourth-order valence-electron chi connectivity index (χ4n) is 3.10. The second kappa shape index (κ2) is 6.88. The number of rotatable bonds is 5. The van der Waals surface area contributed by atoms with Crippen LogP contribution in [0.5, 0.6) is 0 Å². The van der Waals surface area contributed by atoms with Gasteiger partial charge in [-0.3, -0.25) is 0 Å². The van der Waals surface area contributed by atoms with Crippen molar-refractivity contribution in [3.05, 3.63) is 34.6 Å². The van der Waals surface area contributed by atoms with Gasteiger partial charge in [-0.2, -0.15) is 0 Å². The zero-order chi connectivity index (χ0) is 14.6. The lowest BCUT2D eigenvalue weighted by Gasteiger charge is -2.43. The Morgan fingerprint density at radius 2 is 1.95 bits per heavy atom. The fourth-order valence-corrected chi connectivity index (χ4v) is 3.30. The Bertz CT molecular complexity index is 442. The standard InChI is InChI=1S/C16H24ClFN2/c1-20(2)16(8-4-3-5-9-16)12-19-11-13-10-14(17)6-7-15(13)18/h6-7,10,19H,3-5,8-9,11-12H2,1-2H3. The molecule has 0 aromatic heterocycles. The van der Waals surface area contributed by atoms with Crippen LogP contribution in [-0.4, -0.2) is 31.1 Å². The highest BCUT2D eigenvalue weighted by atomic mass is 35.5. The third-order valence-corrected chi connectivity index (χ3v) is 4.75. The lowest BCUT2D eigenvalue weighted by Crippen LogP contribution is -2.52. The van der Waals surface area contributed by atoms with Gasteiger partial charge in [0, 0.05) is 29.2 Å². The molecule has 2 nitrogen and oxygen atoms in total. The average Bonchev–Trinajstić information content (AvgIpc) is 2.43. The van der Waals surface area contributed by atoms with Crippen molar-refractivity contribution in [1.29, 1.82) is 0 Å². The lowest BCUT2D eigenvalue weighted by molar-refractivity contribution is 0.0983. The molecule has 0 amide bonds. The van der Waals surface area contributed by atoms with Gasteiger partial charge in [-0.25, -0.2) is 4.39 Å². The van der Waals surface area contributed by atoms with E-state index in [1.165, 1.54) is 38.2 Å². The Kier molecular flexibility index (Phi) is 5.42. The summed E-state index contributed by atoms with van der Waals surface area (Å²) >= 11 is 5.92. The Morgan fingerprint density at radius 3 is 2.60 bits per heavy atom. The van der Waals surface area contributed by atoms with Crippen LogP contribution in [0, 0.1) is 5.82 Å². The molecule has 2 rings (SSSR count). The van der Waals surface area contributed by atoms with E-state index in [0.29, 0.717) is 17.1 Å². The number of nitrogens with zero attached hydrogens (tertiary/aromatic N) is 1. The molecular formula is C16H24ClFN2. The number of likely N-dealkylation sites (N-methyl/N-ethyl adjacent to an activating group) is 1. The van der Waals surface area contributed by atoms with Crippen molar-refractivity contribution < 1.29 is 4.39 Å². The van der Waals surface area contributed by atoms with E-state index in [0.717, 1.165) is 6.54 Å². The third kappa shape index (κ3) is 3.72. The van der Waals surface area contributed by atoms with Crippen LogP contribution >= 0.6 is 11.6 Å². The van der Waals surface area contributed by atoms with E-state index in [-0.39, 0.29) is 11.4 Å². The fraction of sp³-hybridized carbons (Fsp3) is 0.625. The van der Waals surface area contributed by atoms with E-state index in [1.54, 1.807) is 12.1 Å². The van der Waals surface area contributed by atoms with Crippen LogP contribution in [0.3, 0.4) is 0 Å². The molecule has 1 aliphatic carbocycles. The van der Waals surface area contributed by atoms with Gasteiger partial charge in [0.1, 0.15) is 5.82 Å². The van der Waals surface area contributed by atoms with E-state index in [1.807, 2.05) is 0 Å². The second-order valence-corrected chi connectivity index (χ2v) is 6.46. The van der Waals surface area contributed by atoms with Gasteiger partial charge in [-0.05, 0) is 45.1 Å². The van der Waals surface area contributed by atoms with Crippen molar-refractivity contribution in [3.8, 4) is 0 Å². The topological polar surface area (TPSA) is 15.3 Å². The Morgan fingerprint density at radius 1 is 1.25 bits per heavy atom. The lowest BCUT2D eigenvalue weighted by atomic mass is 9.80. The van der Waals surface area contributed by atoms with Crippen molar-refractivity contribution in [2.45, 2.75) is 44.2 Å². The number of benzene rings is 1. The monoisotopic (exact) mass is 298 g/mol. The van der Waals surface area contributed by atoms with Gasteiger partial charge in [0.2, 0.25) is 0 Å². The first-order valence-electron chi connectivity index (χ1n) is 7.36. The first kappa shape index (κ1) is 15.7. The zero-order valence-corrected chi connectivity index (χ0v) is 13.1. The maximum Gasteiger partial charge on any atom is 0.127 e. The van der Waals surface area contributed by atoms with Gasteiger partial charge in [0.15, 0.2) is 0 Å². The van der Waals surface area contributed by atoms with E-state index in [2.05, 4.69) is 24.3 Å². The molecule has 0 heterocycles. The predicted octanol–water partition coefficient (Wildman–Crippen LogP) is 3.83. The molecule has 0 bridgehead atoms. The quantitative estimate of drug-likeness (QED) is 0.889. The SMILES string of the molecule is CN(C)C1(CNCc2cc(Cl)ccc2F)CCCCC1. The van der Waals surface area contributed by atoms with Gasteiger partial charge in [0.25, 0.3) is 0 Å². The van der Waals surface area contributed by atoms with E-state index >= 15 is 0 Å². The smallest absolute Gasteiger partial charge is 0.127 e. The van der Waals surface area contributed by atoms with Crippen molar-refractivity contribution in [3.63, 3.8) is 0 Å². The van der Waals surface area contributed by atoms with E-state index in [4.69, 9.17) is 11.6 Å². The summed E-state index contributed by atoms with van der Waals surface area (Å²) in [6.45, 7) is 1.42. The van der Waals surface area contributed by atoms with Crippen LogP contribution in [0.25, 0.3) is 0 Å². The maximum atomic E-state index is 13.7. The van der Waals surface area contributed by atoms with Crippen LogP contribution in [0.2, 0.25) is 5.02 Å². The highest BCUT2D eigenvalue weighted by Gasteiger charge is 2.33. The summed E-state index contributed by atoms with van der Waals surface area (Å²) in [6, 6.07) is 4.72. The molecule has 0 atom stereocenters. The normalized spacial score (nSPS) is 18.4. The molecule has 1 aliphatic rings. The molecule has 4 heteroatoms. The molecule has 20 heavy (non-hydrogen) atoms. The summed E-state index contributed by atoms with van der Waals surface area (Å²) in [5.74, 6) is -0.190. The van der Waals surface area contributed by atoms with Crippen LogP contribution in [0.4, 0.5) is 4.39 Å². The Hall–Kier alpha value is -0.640. The minimum atomic E-state index is -0.190. The summed E-state index contributed by atoms with van der Waals surface area (Å²) < 4.78 is 13.7. The number of hydrogen-bond donors (Lipinski definition) is 1. The first-order chi connectivity index (χ1) is 9.53. The maximum absolute atomic E-state index is 13.7. The minimum absolute atomic E-state index is 0.190. The molecule has 0 aliphatic heterocycles. The molecule has 1 aromatic carbocycles. The largest absolute Gasteiger partial charge is 0.311 e. The predicted molar refractivity (Wildman–Crippen MR) is 82.6 cm³/mol. The summed E-state index contributed by atoms with van der Waals surface area (Å²) in [6.07, 6.45) is 6.32. The highest BCUT2D eigenvalue weighted by molar-refractivity contribution is 6.30. The van der Waals surface area contributed by atoms with Gasteiger partial charge in [0.05, 0.1) is 0 Å². The minimum Gasteiger partial charge on any atom is -0.311 e. The van der Waals surface area contributed by atoms with Crippen molar-refractivity contribution in [1.82, 2.24) is 10.2 Å². The van der Waals surface area contributed by atoms with E-state index < -0.39 is 0 Å². The van der Waals surface area contributed by atoms with Crippen LogP contribution in [0.15, 0.2) is 18.2 Å². The van der Waals surface area contributed by atoms with Crippen LogP contribution < -0.4 is 5.32 Å². The molecule has 1 aromatic rings. The van der Waals surface area contributed by atoms with E-state index in [9.17, 15) is 4.39 Å². The summed E-state index contributed by atoms with van der Waals surface area (Å²) in [7, 11) is 4.29. The van der Waals surface area contributed by atoms with Gasteiger partial charge < -0.3 is 10.2 Å². The Labute approximate surface area is 126 Å². The molecule has 112 valence electrons. The van der Waals surface area contributed by atoms with Crippen molar-refractivity contribution in [2.24, 2.45) is 0 Å². The summed E-state index contributed by atoms with van der Waals surface area (Å²) in [4.78, 5) is 2.33. The molecule has 1 fully saturated rings. The van der Waals surface area contributed by atoms with Gasteiger partial charge >= 0.3 is 0 Å².